The third-order valence-corrected chi connectivity index (χ3v) is 6.08. The van der Waals surface area contributed by atoms with Gasteiger partial charge in [0.2, 0.25) is 0 Å². The summed E-state index contributed by atoms with van der Waals surface area (Å²) in [7, 11) is -2.90. The van der Waals surface area contributed by atoms with Gasteiger partial charge in [-0.1, -0.05) is 41.9 Å². The van der Waals surface area contributed by atoms with Crippen LogP contribution in [0.15, 0.2) is 83.8 Å². The minimum atomic E-state index is -4.32. The summed E-state index contributed by atoms with van der Waals surface area (Å²) in [6, 6.07) is 17.5. The third kappa shape index (κ3) is 5.14. The van der Waals surface area contributed by atoms with E-state index in [0.717, 1.165) is 0 Å². The maximum atomic E-state index is 13.2. The van der Waals surface area contributed by atoms with E-state index in [1.807, 2.05) is 5.32 Å². The first kappa shape index (κ1) is 22.1. The Kier molecular flexibility index (Phi) is 6.78. The number of nitrogens with one attached hydrogen (secondary N) is 2. The monoisotopic (exact) mass is 459 g/mol. The van der Waals surface area contributed by atoms with Crippen molar-refractivity contribution >= 4 is 45.1 Å². The highest BCUT2D eigenvalue weighted by Gasteiger charge is 2.32. The van der Waals surface area contributed by atoms with Gasteiger partial charge in [0.1, 0.15) is 5.75 Å². The minimum absolute atomic E-state index is 0.0100. The largest absolute Gasteiger partial charge is 0.495 e. The summed E-state index contributed by atoms with van der Waals surface area (Å²) < 4.78 is 32.0. The van der Waals surface area contributed by atoms with Crippen LogP contribution < -0.4 is 19.7 Å². The van der Waals surface area contributed by atoms with Gasteiger partial charge in [-0.2, -0.15) is 4.31 Å². The van der Waals surface area contributed by atoms with E-state index in [2.05, 4.69) is 5.32 Å². The Bertz CT molecular complexity index is 1190. The Morgan fingerprint density at radius 3 is 2.16 bits per heavy atom. The van der Waals surface area contributed by atoms with E-state index in [-0.39, 0.29) is 10.6 Å². The zero-order valence-corrected chi connectivity index (χ0v) is 17.9. The molecule has 4 amide bonds. The van der Waals surface area contributed by atoms with Crippen molar-refractivity contribution in [1.82, 2.24) is 5.32 Å². The summed E-state index contributed by atoms with van der Waals surface area (Å²) in [5.41, 5.74) is 0.315. The van der Waals surface area contributed by atoms with Gasteiger partial charge in [-0.25, -0.2) is 18.0 Å². The Labute approximate surface area is 184 Å². The zero-order valence-electron chi connectivity index (χ0n) is 16.3. The predicted molar refractivity (Wildman–Crippen MR) is 118 cm³/mol. The first-order valence-corrected chi connectivity index (χ1v) is 10.8. The van der Waals surface area contributed by atoms with Crippen LogP contribution in [0.2, 0.25) is 5.02 Å². The van der Waals surface area contributed by atoms with Gasteiger partial charge >= 0.3 is 12.1 Å². The molecule has 160 valence electrons. The number of carbonyl (C=O) groups excluding carboxylic acids is 2. The van der Waals surface area contributed by atoms with Crippen molar-refractivity contribution in [3.05, 3.63) is 83.9 Å². The summed E-state index contributed by atoms with van der Waals surface area (Å²) in [6.07, 6.45) is 0. The molecule has 0 aliphatic rings. The van der Waals surface area contributed by atoms with Gasteiger partial charge in [0.05, 0.1) is 23.4 Å². The van der Waals surface area contributed by atoms with E-state index in [1.165, 1.54) is 55.6 Å². The van der Waals surface area contributed by atoms with Crippen molar-refractivity contribution in [2.24, 2.45) is 0 Å². The number of ether oxygens (including phenoxy) is 1. The van der Waals surface area contributed by atoms with Gasteiger partial charge in [-0.15, -0.1) is 0 Å². The molecule has 10 heteroatoms. The van der Waals surface area contributed by atoms with Gasteiger partial charge in [-0.3, -0.25) is 5.32 Å². The van der Waals surface area contributed by atoms with Gasteiger partial charge in [-0.05, 0) is 48.5 Å². The number of anilines is 2. The number of nitrogens with zero attached hydrogens (tertiary/aromatic N) is 1. The second-order valence-electron chi connectivity index (χ2n) is 6.14. The number of para-hydroxylation sites is 2. The Hall–Kier alpha value is -3.56. The van der Waals surface area contributed by atoms with Crippen molar-refractivity contribution in [2.45, 2.75) is 4.90 Å². The van der Waals surface area contributed by atoms with E-state index in [9.17, 15) is 18.0 Å². The number of carbonyl (C=O) groups is 2. The van der Waals surface area contributed by atoms with Crippen LogP contribution in [0.25, 0.3) is 0 Å². The zero-order chi connectivity index (χ0) is 22.4. The first-order chi connectivity index (χ1) is 14.8. The van der Waals surface area contributed by atoms with Crippen LogP contribution in [0.3, 0.4) is 0 Å². The topological polar surface area (TPSA) is 105 Å². The molecule has 3 aromatic rings. The Morgan fingerprint density at radius 1 is 0.903 bits per heavy atom. The summed E-state index contributed by atoms with van der Waals surface area (Å²) in [6.45, 7) is 0. The van der Waals surface area contributed by atoms with Crippen LogP contribution >= 0.6 is 11.6 Å². The van der Waals surface area contributed by atoms with E-state index in [0.29, 0.717) is 20.8 Å². The number of methoxy groups -OCH3 is 1. The van der Waals surface area contributed by atoms with Gasteiger partial charge in [0, 0.05) is 5.02 Å². The summed E-state index contributed by atoms with van der Waals surface area (Å²) in [5, 5.41) is 4.86. The molecule has 3 rings (SSSR count). The van der Waals surface area contributed by atoms with Crippen LogP contribution in [0, 0.1) is 0 Å². The smallest absolute Gasteiger partial charge is 0.344 e. The van der Waals surface area contributed by atoms with Crippen molar-refractivity contribution in [1.29, 1.82) is 0 Å². The molecule has 0 saturated carbocycles. The fourth-order valence-electron chi connectivity index (χ4n) is 2.69. The number of hydrogen-bond donors (Lipinski definition) is 2. The maximum Gasteiger partial charge on any atom is 0.344 e. The summed E-state index contributed by atoms with van der Waals surface area (Å²) >= 11 is 5.89. The molecule has 0 aliphatic heterocycles. The van der Waals surface area contributed by atoms with Crippen molar-refractivity contribution in [3.8, 4) is 5.75 Å². The van der Waals surface area contributed by atoms with Crippen molar-refractivity contribution < 1.29 is 22.7 Å². The highest BCUT2D eigenvalue weighted by molar-refractivity contribution is 7.93. The van der Waals surface area contributed by atoms with Crippen molar-refractivity contribution in [2.75, 3.05) is 16.7 Å². The lowest BCUT2D eigenvalue weighted by Gasteiger charge is -2.23. The molecule has 0 spiro atoms. The number of amides is 4. The number of imide groups is 1. The molecule has 0 radical (unpaired) electrons. The maximum absolute atomic E-state index is 13.2. The molecular weight excluding hydrogens is 442 g/mol. The van der Waals surface area contributed by atoms with E-state index in [4.69, 9.17) is 16.3 Å². The molecule has 0 saturated heterocycles. The Balaban J connectivity index is 1.91. The molecule has 0 fully saturated rings. The van der Waals surface area contributed by atoms with Gasteiger partial charge < -0.3 is 10.1 Å². The van der Waals surface area contributed by atoms with E-state index in [1.54, 1.807) is 30.3 Å². The second kappa shape index (κ2) is 9.50. The fourth-order valence-corrected chi connectivity index (χ4v) is 4.19. The normalized spacial score (nSPS) is 10.8. The Morgan fingerprint density at radius 2 is 1.52 bits per heavy atom. The molecule has 0 bridgehead atoms. The highest BCUT2D eigenvalue weighted by Crippen LogP contribution is 2.26. The standard InChI is InChI=1S/C21H18ClN3O5S/c1-30-19-10-6-5-9-18(19)23-20(26)24-21(27)25(16-13-11-15(22)12-14-16)31(28,29)17-7-3-2-4-8-17/h2-14H,1H3,(H2,23,24,26,27). The first-order valence-electron chi connectivity index (χ1n) is 8.94. The van der Waals surface area contributed by atoms with Crippen LogP contribution in [0.1, 0.15) is 0 Å². The average Bonchev–Trinajstić information content (AvgIpc) is 2.76. The quantitative estimate of drug-likeness (QED) is 0.585. The molecule has 3 aromatic carbocycles. The number of benzene rings is 3. The third-order valence-electron chi connectivity index (χ3n) is 4.10. The fraction of sp³-hybridized carbons (Fsp3) is 0.0476. The van der Waals surface area contributed by atoms with E-state index >= 15 is 0 Å². The lowest BCUT2D eigenvalue weighted by atomic mass is 10.3. The molecular formula is C21H18ClN3O5S. The molecule has 0 atom stereocenters. The van der Waals surface area contributed by atoms with Gasteiger partial charge in [0.25, 0.3) is 10.0 Å². The summed E-state index contributed by atoms with van der Waals surface area (Å²) in [5.74, 6) is 0.372. The SMILES string of the molecule is COc1ccccc1NC(=O)NC(=O)N(c1ccc(Cl)cc1)S(=O)(=O)c1ccccc1. The molecule has 0 heterocycles. The predicted octanol–water partition coefficient (Wildman–Crippen LogP) is 4.49. The minimum Gasteiger partial charge on any atom is -0.495 e. The second-order valence-corrected chi connectivity index (χ2v) is 8.37. The lowest BCUT2D eigenvalue weighted by Crippen LogP contribution is -2.47. The van der Waals surface area contributed by atoms with Gasteiger partial charge in [0.15, 0.2) is 0 Å². The van der Waals surface area contributed by atoms with Crippen molar-refractivity contribution in [3.63, 3.8) is 0 Å². The molecule has 2 N–H and O–H groups in total. The average molecular weight is 460 g/mol. The molecule has 0 aromatic heterocycles. The van der Waals surface area contributed by atoms with Crippen LogP contribution in [0.5, 0.6) is 5.75 Å². The lowest BCUT2D eigenvalue weighted by molar-refractivity contribution is 0.238. The molecule has 31 heavy (non-hydrogen) atoms. The number of halogens is 1. The number of urea groups is 2. The van der Waals surface area contributed by atoms with E-state index < -0.39 is 22.1 Å². The number of sulfonamides is 1. The molecule has 0 unspecified atom stereocenters. The van der Waals surface area contributed by atoms with Crippen LogP contribution in [-0.2, 0) is 10.0 Å². The highest BCUT2D eigenvalue weighted by atomic mass is 35.5. The molecule has 0 aliphatic carbocycles. The molecule has 8 nitrogen and oxygen atoms in total. The van der Waals surface area contributed by atoms with Crippen LogP contribution in [-0.4, -0.2) is 27.6 Å². The summed E-state index contributed by atoms with van der Waals surface area (Å²) in [4.78, 5) is 25.2. The number of hydrogen-bond acceptors (Lipinski definition) is 5. The number of rotatable bonds is 5. The van der Waals surface area contributed by atoms with Crippen LogP contribution in [0.4, 0.5) is 21.0 Å².